The maximum absolute atomic E-state index is 12.5. The van der Waals surface area contributed by atoms with Gasteiger partial charge in [-0.1, -0.05) is 22.9 Å². The number of carbonyl (C=O) groups excluding carboxylic acids is 2. The third-order valence-corrected chi connectivity index (χ3v) is 5.80. The highest BCUT2D eigenvalue weighted by molar-refractivity contribution is 7.17. The van der Waals surface area contributed by atoms with Gasteiger partial charge in [-0.05, 0) is 36.4 Å². The van der Waals surface area contributed by atoms with Crippen molar-refractivity contribution >= 4 is 34.8 Å². The predicted molar refractivity (Wildman–Crippen MR) is 121 cm³/mol. The number of benzene rings is 1. The van der Waals surface area contributed by atoms with Crippen molar-refractivity contribution in [3.05, 3.63) is 91.7 Å². The van der Waals surface area contributed by atoms with E-state index in [2.05, 4.69) is 20.9 Å². The highest BCUT2D eigenvalue weighted by Crippen LogP contribution is 2.21. The van der Waals surface area contributed by atoms with Gasteiger partial charge in [-0.25, -0.2) is 4.68 Å². The van der Waals surface area contributed by atoms with E-state index in [1.54, 1.807) is 54.9 Å². The molecule has 0 unspecified atom stereocenters. The molecule has 4 rings (SSSR count). The molecule has 162 valence electrons. The molecule has 0 saturated heterocycles. The van der Waals surface area contributed by atoms with Crippen molar-refractivity contribution in [2.24, 2.45) is 0 Å². The second-order valence-corrected chi connectivity index (χ2v) is 8.35. The molecule has 32 heavy (non-hydrogen) atoms. The fourth-order valence-electron chi connectivity index (χ4n) is 3.02. The molecule has 0 aliphatic rings. The van der Waals surface area contributed by atoms with Gasteiger partial charge in [0.1, 0.15) is 5.69 Å². The van der Waals surface area contributed by atoms with Gasteiger partial charge in [-0.3, -0.25) is 19.0 Å². The summed E-state index contributed by atoms with van der Waals surface area (Å²) in [6.07, 6.45) is 3.25. The van der Waals surface area contributed by atoms with Crippen LogP contribution in [0.5, 0.6) is 0 Å². The Kier molecular flexibility index (Phi) is 6.15. The molecule has 3 heterocycles. The SMILES string of the molecule is CNC(=O)c1cc(-n2ccccc2=O)ccc1-n1cc(CNC(=O)c2ccc(Cl)s2)nn1. The molecule has 3 aromatic heterocycles. The van der Waals surface area contributed by atoms with Crippen LogP contribution in [0.4, 0.5) is 0 Å². The van der Waals surface area contributed by atoms with Crippen LogP contribution in [-0.4, -0.2) is 38.4 Å². The molecular weight excluding hydrogens is 452 g/mol. The monoisotopic (exact) mass is 468 g/mol. The van der Waals surface area contributed by atoms with Crippen LogP contribution in [0.25, 0.3) is 11.4 Å². The fraction of sp³-hybridized carbons (Fsp3) is 0.0952. The van der Waals surface area contributed by atoms with Crippen molar-refractivity contribution in [3.8, 4) is 11.4 Å². The summed E-state index contributed by atoms with van der Waals surface area (Å²) < 4.78 is 3.42. The molecule has 0 spiro atoms. The van der Waals surface area contributed by atoms with Crippen molar-refractivity contribution in [2.45, 2.75) is 6.54 Å². The Balaban J connectivity index is 1.60. The predicted octanol–water partition coefficient (Wildman–Crippen LogP) is 2.42. The number of nitrogens with one attached hydrogen (secondary N) is 2. The van der Waals surface area contributed by atoms with Gasteiger partial charge in [0, 0.05) is 25.0 Å². The lowest BCUT2D eigenvalue weighted by Crippen LogP contribution is -2.22. The summed E-state index contributed by atoms with van der Waals surface area (Å²) in [4.78, 5) is 37.4. The topological polar surface area (TPSA) is 111 Å². The van der Waals surface area contributed by atoms with Gasteiger partial charge in [0.2, 0.25) is 0 Å². The molecule has 11 heteroatoms. The minimum absolute atomic E-state index is 0.154. The highest BCUT2D eigenvalue weighted by Gasteiger charge is 2.16. The van der Waals surface area contributed by atoms with Gasteiger partial charge < -0.3 is 10.6 Å². The number of hydrogen-bond acceptors (Lipinski definition) is 6. The van der Waals surface area contributed by atoms with E-state index in [4.69, 9.17) is 11.6 Å². The van der Waals surface area contributed by atoms with Crippen LogP contribution in [0.1, 0.15) is 25.7 Å². The summed E-state index contributed by atoms with van der Waals surface area (Å²) in [5.41, 5.74) is 1.63. The zero-order valence-electron chi connectivity index (χ0n) is 16.8. The zero-order valence-corrected chi connectivity index (χ0v) is 18.4. The largest absolute Gasteiger partial charge is 0.355 e. The molecule has 0 atom stereocenters. The van der Waals surface area contributed by atoms with Gasteiger partial charge >= 0.3 is 0 Å². The number of halogens is 1. The van der Waals surface area contributed by atoms with Crippen molar-refractivity contribution < 1.29 is 9.59 Å². The van der Waals surface area contributed by atoms with Crippen LogP contribution in [0.15, 0.2) is 65.7 Å². The van der Waals surface area contributed by atoms with E-state index >= 15 is 0 Å². The Morgan fingerprint density at radius 1 is 1.12 bits per heavy atom. The average molecular weight is 469 g/mol. The normalized spacial score (nSPS) is 10.7. The first-order valence-corrected chi connectivity index (χ1v) is 10.6. The molecule has 0 bridgehead atoms. The zero-order chi connectivity index (χ0) is 22.7. The summed E-state index contributed by atoms with van der Waals surface area (Å²) >= 11 is 7.05. The third-order valence-electron chi connectivity index (χ3n) is 4.57. The minimum atomic E-state index is -0.342. The Bertz CT molecular complexity index is 1360. The molecule has 0 saturated carbocycles. The van der Waals surface area contributed by atoms with E-state index < -0.39 is 0 Å². The second-order valence-electron chi connectivity index (χ2n) is 6.63. The smallest absolute Gasteiger partial charge is 0.261 e. The van der Waals surface area contributed by atoms with E-state index in [0.717, 1.165) is 0 Å². The first-order chi connectivity index (χ1) is 15.5. The molecular formula is C21H17ClN6O3S. The van der Waals surface area contributed by atoms with Gasteiger partial charge in [0.05, 0.1) is 33.2 Å². The Morgan fingerprint density at radius 3 is 2.69 bits per heavy atom. The number of carbonyl (C=O) groups is 2. The molecule has 0 radical (unpaired) electrons. The van der Waals surface area contributed by atoms with Crippen molar-refractivity contribution in [3.63, 3.8) is 0 Å². The molecule has 1 aromatic carbocycles. The molecule has 0 fully saturated rings. The number of thiophene rings is 1. The first kappa shape index (κ1) is 21.5. The molecule has 2 N–H and O–H groups in total. The maximum Gasteiger partial charge on any atom is 0.261 e. The lowest BCUT2D eigenvalue weighted by molar-refractivity contribution is 0.0949. The van der Waals surface area contributed by atoms with E-state index in [9.17, 15) is 14.4 Å². The summed E-state index contributed by atoms with van der Waals surface area (Å²) in [6.45, 7) is 0.154. The van der Waals surface area contributed by atoms with Gasteiger partial charge in [0.25, 0.3) is 17.4 Å². The Morgan fingerprint density at radius 2 is 1.97 bits per heavy atom. The molecule has 9 nitrogen and oxygen atoms in total. The Hall–Kier alpha value is -3.76. The van der Waals surface area contributed by atoms with E-state index in [-0.39, 0.29) is 23.9 Å². The Labute approximate surface area is 191 Å². The van der Waals surface area contributed by atoms with Gasteiger partial charge in [0.15, 0.2) is 0 Å². The minimum Gasteiger partial charge on any atom is -0.355 e. The van der Waals surface area contributed by atoms with Crippen LogP contribution >= 0.6 is 22.9 Å². The van der Waals surface area contributed by atoms with Gasteiger partial charge in [-0.15, -0.1) is 16.4 Å². The lowest BCUT2D eigenvalue weighted by atomic mass is 10.1. The standard InChI is InChI=1S/C21H17ClN6O3S/c1-23-20(30)15-10-14(27-9-3-2-4-19(27)29)5-6-16(15)28-12-13(25-26-28)11-24-21(31)17-7-8-18(22)32-17/h2-10,12H,11H2,1H3,(H,23,30)(H,24,31). The van der Waals surface area contributed by atoms with Crippen molar-refractivity contribution in [1.82, 2.24) is 30.2 Å². The van der Waals surface area contributed by atoms with Crippen LogP contribution in [0, 0.1) is 0 Å². The average Bonchev–Trinajstić information content (AvgIpc) is 3.46. The molecule has 0 aliphatic heterocycles. The van der Waals surface area contributed by atoms with Crippen molar-refractivity contribution in [1.29, 1.82) is 0 Å². The third kappa shape index (κ3) is 4.46. The number of pyridine rings is 1. The summed E-state index contributed by atoms with van der Waals surface area (Å²) in [7, 11) is 1.52. The second kappa shape index (κ2) is 9.16. The van der Waals surface area contributed by atoms with Crippen LogP contribution < -0.4 is 16.2 Å². The number of aromatic nitrogens is 4. The van der Waals surface area contributed by atoms with Crippen LogP contribution in [0.2, 0.25) is 4.34 Å². The van der Waals surface area contributed by atoms with Crippen molar-refractivity contribution in [2.75, 3.05) is 7.05 Å². The quantitative estimate of drug-likeness (QED) is 0.451. The molecule has 2 amide bonds. The lowest BCUT2D eigenvalue weighted by Gasteiger charge is -2.12. The van der Waals surface area contributed by atoms with E-state index in [1.807, 2.05) is 0 Å². The summed E-state index contributed by atoms with van der Waals surface area (Å²) in [5, 5.41) is 13.5. The molecule has 4 aromatic rings. The molecule has 0 aliphatic carbocycles. The number of hydrogen-bond donors (Lipinski definition) is 2. The first-order valence-electron chi connectivity index (χ1n) is 9.45. The summed E-state index contributed by atoms with van der Waals surface area (Å²) in [5.74, 6) is -0.606. The van der Waals surface area contributed by atoms with Gasteiger partial charge in [-0.2, -0.15) is 0 Å². The fourth-order valence-corrected chi connectivity index (χ4v) is 3.98. The number of rotatable bonds is 6. The van der Waals surface area contributed by atoms with Crippen LogP contribution in [-0.2, 0) is 6.54 Å². The summed E-state index contributed by atoms with van der Waals surface area (Å²) in [6, 6.07) is 13.1. The van der Waals surface area contributed by atoms with E-state index in [1.165, 1.54) is 33.7 Å². The maximum atomic E-state index is 12.5. The highest BCUT2D eigenvalue weighted by atomic mass is 35.5. The van der Waals surface area contributed by atoms with E-state index in [0.29, 0.717) is 31.8 Å². The number of nitrogens with zero attached hydrogens (tertiary/aromatic N) is 4. The number of amides is 2. The van der Waals surface area contributed by atoms with Crippen LogP contribution in [0.3, 0.4) is 0 Å².